The van der Waals surface area contributed by atoms with Crippen molar-refractivity contribution in [3.63, 3.8) is 0 Å². The van der Waals surface area contributed by atoms with Crippen LogP contribution >= 0.6 is 0 Å². The predicted octanol–water partition coefficient (Wildman–Crippen LogP) is 9.97. The van der Waals surface area contributed by atoms with Gasteiger partial charge < -0.3 is 0 Å². The fourth-order valence-corrected chi connectivity index (χ4v) is 5.19. The predicted molar refractivity (Wildman–Crippen MR) is 141 cm³/mol. The molecule has 4 rings (SSSR count). The molecule has 3 aromatic rings. The van der Waals surface area contributed by atoms with E-state index in [4.69, 9.17) is 0 Å². The third-order valence-corrected chi connectivity index (χ3v) is 7.54. The van der Waals surface area contributed by atoms with Crippen molar-refractivity contribution in [2.45, 2.75) is 71.1 Å². The molecule has 1 aliphatic carbocycles. The molecule has 0 aliphatic heterocycles. The van der Waals surface area contributed by atoms with Gasteiger partial charge in [0.15, 0.2) is 11.6 Å². The highest BCUT2D eigenvalue weighted by Crippen LogP contribution is 2.39. The van der Waals surface area contributed by atoms with Crippen LogP contribution in [0.5, 0.6) is 0 Å². The topological polar surface area (TPSA) is 0 Å². The fourth-order valence-electron chi connectivity index (χ4n) is 5.19. The molecule has 3 heteroatoms. The van der Waals surface area contributed by atoms with Crippen molar-refractivity contribution >= 4 is 12.2 Å². The van der Waals surface area contributed by atoms with Crippen molar-refractivity contribution in [3.05, 3.63) is 94.3 Å². The third-order valence-electron chi connectivity index (χ3n) is 7.54. The number of hydrogen-bond acceptors (Lipinski definition) is 0. The molecule has 0 spiro atoms. The SMILES string of the molecule is CCCCc1ccc(/C=C/c2ccc(-c3ccc(C4CCC(CC)CC4)c(F)c3F)cc2)cc1F. The number of benzene rings is 3. The second kappa shape index (κ2) is 11.7. The van der Waals surface area contributed by atoms with Gasteiger partial charge in [0.25, 0.3) is 0 Å². The van der Waals surface area contributed by atoms with Gasteiger partial charge in [-0.05, 0) is 84.2 Å². The van der Waals surface area contributed by atoms with E-state index in [2.05, 4.69) is 13.8 Å². The lowest BCUT2D eigenvalue weighted by atomic mass is 9.77. The number of hydrogen-bond donors (Lipinski definition) is 0. The molecule has 184 valence electrons. The molecule has 0 amide bonds. The summed E-state index contributed by atoms with van der Waals surface area (Å²) in [6.45, 7) is 4.30. The van der Waals surface area contributed by atoms with Crippen LogP contribution < -0.4 is 0 Å². The smallest absolute Gasteiger partial charge is 0.166 e. The number of aryl methyl sites for hydroxylation is 1. The highest BCUT2D eigenvalue weighted by Gasteiger charge is 2.25. The average molecular weight is 477 g/mol. The minimum atomic E-state index is -0.762. The molecule has 1 aliphatic rings. The quantitative estimate of drug-likeness (QED) is 0.284. The highest BCUT2D eigenvalue weighted by atomic mass is 19.2. The Morgan fingerprint density at radius 2 is 1.46 bits per heavy atom. The van der Waals surface area contributed by atoms with Gasteiger partial charge in [0.1, 0.15) is 5.82 Å². The number of halogens is 3. The first-order valence-corrected chi connectivity index (χ1v) is 13.0. The van der Waals surface area contributed by atoms with Crippen molar-refractivity contribution in [3.8, 4) is 11.1 Å². The Kier molecular flexibility index (Phi) is 8.49. The summed E-state index contributed by atoms with van der Waals surface area (Å²) in [4.78, 5) is 0. The lowest BCUT2D eigenvalue weighted by Crippen LogP contribution is -2.14. The van der Waals surface area contributed by atoms with Crippen molar-refractivity contribution < 1.29 is 13.2 Å². The number of unbranched alkanes of at least 4 members (excludes halogenated alkanes) is 1. The maximum Gasteiger partial charge on any atom is 0.166 e. The van der Waals surface area contributed by atoms with Gasteiger partial charge in [-0.15, -0.1) is 0 Å². The van der Waals surface area contributed by atoms with Gasteiger partial charge in [0.2, 0.25) is 0 Å². The Balaban J connectivity index is 1.46. The normalized spacial score (nSPS) is 18.3. The van der Waals surface area contributed by atoms with Gasteiger partial charge in [0, 0.05) is 5.56 Å². The Labute approximate surface area is 207 Å². The van der Waals surface area contributed by atoms with Crippen LogP contribution in [0.25, 0.3) is 23.3 Å². The monoisotopic (exact) mass is 476 g/mol. The molecule has 0 nitrogen and oxygen atoms in total. The maximum atomic E-state index is 15.0. The van der Waals surface area contributed by atoms with Gasteiger partial charge in [-0.2, -0.15) is 0 Å². The lowest BCUT2D eigenvalue weighted by Gasteiger charge is -2.28. The van der Waals surface area contributed by atoms with Crippen LogP contribution in [0.15, 0.2) is 54.6 Å². The number of rotatable bonds is 8. The summed E-state index contributed by atoms with van der Waals surface area (Å²) in [6, 6.07) is 16.2. The van der Waals surface area contributed by atoms with E-state index in [-0.39, 0.29) is 17.3 Å². The Morgan fingerprint density at radius 1 is 0.771 bits per heavy atom. The fraction of sp³-hybridized carbons (Fsp3) is 0.375. The van der Waals surface area contributed by atoms with E-state index in [1.807, 2.05) is 36.4 Å². The molecule has 0 atom stereocenters. The van der Waals surface area contributed by atoms with Crippen LogP contribution in [0.3, 0.4) is 0 Å². The Morgan fingerprint density at radius 3 is 2.11 bits per heavy atom. The molecule has 1 saturated carbocycles. The lowest BCUT2D eigenvalue weighted by molar-refractivity contribution is 0.312. The van der Waals surface area contributed by atoms with Crippen LogP contribution in [0.1, 0.15) is 87.0 Å². The van der Waals surface area contributed by atoms with Crippen LogP contribution in [0, 0.1) is 23.4 Å². The van der Waals surface area contributed by atoms with E-state index in [0.29, 0.717) is 11.1 Å². The largest absolute Gasteiger partial charge is 0.207 e. The molecule has 0 N–H and O–H groups in total. The minimum absolute atomic E-state index is 0.111. The Hall–Kier alpha value is -2.81. The van der Waals surface area contributed by atoms with E-state index in [9.17, 15) is 4.39 Å². The third kappa shape index (κ3) is 6.07. The van der Waals surface area contributed by atoms with E-state index in [1.54, 1.807) is 30.3 Å². The van der Waals surface area contributed by atoms with Gasteiger partial charge in [0.05, 0.1) is 0 Å². The molecule has 3 aromatic carbocycles. The molecule has 0 saturated heterocycles. The maximum absolute atomic E-state index is 15.0. The van der Waals surface area contributed by atoms with Gasteiger partial charge in [-0.1, -0.05) is 87.4 Å². The van der Waals surface area contributed by atoms with E-state index in [1.165, 1.54) is 0 Å². The summed E-state index contributed by atoms with van der Waals surface area (Å²) in [6.07, 6.45) is 11.7. The van der Waals surface area contributed by atoms with Crippen molar-refractivity contribution in [1.82, 2.24) is 0 Å². The summed E-state index contributed by atoms with van der Waals surface area (Å²) >= 11 is 0. The summed E-state index contributed by atoms with van der Waals surface area (Å²) in [5.41, 5.74) is 3.91. The first-order valence-electron chi connectivity index (χ1n) is 13.0. The zero-order valence-electron chi connectivity index (χ0n) is 20.8. The molecular weight excluding hydrogens is 441 g/mol. The zero-order valence-corrected chi connectivity index (χ0v) is 20.8. The van der Waals surface area contributed by atoms with E-state index in [0.717, 1.165) is 74.0 Å². The molecule has 0 radical (unpaired) electrons. The average Bonchev–Trinajstić information content (AvgIpc) is 2.89. The second-order valence-corrected chi connectivity index (χ2v) is 9.87. The Bertz CT molecular complexity index is 1150. The minimum Gasteiger partial charge on any atom is -0.207 e. The van der Waals surface area contributed by atoms with Crippen molar-refractivity contribution in [2.24, 2.45) is 5.92 Å². The zero-order chi connectivity index (χ0) is 24.8. The molecular formula is C32H35F3. The first kappa shape index (κ1) is 25.3. The summed E-state index contributed by atoms with van der Waals surface area (Å²) in [5, 5.41) is 0. The second-order valence-electron chi connectivity index (χ2n) is 9.87. The van der Waals surface area contributed by atoms with Crippen molar-refractivity contribution in [2.75, 3.05) is 0 Å². The van der Waals surface area contributed by atoms with Crippen LogP contribution in [0.4, 0.5) is 13.2 Å². The molecule has 0 unspecified atom stereocenters. The summed E-state index contributed by atoms with van der Waals surface area (Å²) in [5.74, 6) is -0.803. The van der Waals surface area contributed by atoms with E-state index < -0.39 is 11.6 Å². The first-order chi connectivity index (χ1) is 17.0. The molecule has 1 fully saturated rings. The summed E-state index contributed by atoms with van der Waals surface area (Å²) < 4.78 is 44.3. The standard InChI is InChI=1S/C32H35F3/c1-3-5-6-27-18-13-24(21-30(27)33)8-7-23-11-16-26(17-12-23)29-20-19-28(31(34)32(29)35)25-14-9-22(4-2)10-15-25/h7-8,11-13,16-22,25H,3-6,9-10,14-15H2,1-2H3/b8-7+. The van der Waals surface area contributed by atoms with Gasteiger partial charge in [-0.3, -0.25) is 0 Å². The van der Waals surface area contributed by atoms with Crippen LogP contribution in [0.2, 0.25) is 0 Å². The van der Waals surface area contributed by atoms with Crippen molar-refractivity contribution in [1.29, 1.82) is 0 Å². The molecule has 35 heavy (non-hydrogen) atoms. The molecule has 0 aromatic heterocycles. The highest BCUT2D eigenvalue weighted by molar-refractivity contribution is 5.72. The summed E-state index contributed by atoms with van der Waals surface area (Å²) in [7, 11) is 0. The molecule has 0 heterocycles. The van der Waals surface area contributed by atoms with Crippen LogP contribution in [-0.2, 0) is 6.42 Å². The van der Waals surface area contributed by atoms with Gasteiger partial charge >= 0.3 is 0 Å². The van der Waals surface area contributed by atoms with E-state index >= 15 is 8.78 Å². The van der Waals surface area contributed by atoms with Gasteiger partial charge in [-0.25, -0.2) is 13.2 Å². The van der Waals surface area contributed by atoms with Crippen LogP contribution in [-0.4, -0.2) is 0 Å². The molecule has 0 bridgehead atoms.